The van der Waals surface area contributed by atoms with Crippen LogP contribution < -0.4 is 0 Å². The molecule has 52 valence electrons. The summed E-state index contributed by atoms with van der Waals surface area (Å²) in [5.74, 6) is 0.428. The molecule has 0 rings (SSSR count). The second-order valence-corrected chi connectivity index (χ2v) is 3.83. The topological polar surface area (TPSA) is 23.8 Å². The van der Waals surface area contributed by atoms with E-state index >= 15 is 0 Å². The third kappa shape index (κ3) is 1.91. The van der Waals surface area contributed by atoms with Crippen molar-refractivity contribution in [1.82, 2.24) is 0 Å². The predicted octanol–water partition coefficient (Wildman–Crippen LogP) is 2.29. The molecule has 0 radical (unpaired) electrons. The molecule has 0 aliphatic rings. The van der Waals surface area contributed by atoms with E-state index < -0.39 is 0 Å². The van der Waals surface area contributed by atoms with Crippen LogP contribution in [-0.2, 0) is 0 Å². The fourth-order valence-corrected chi connectivity index (χ4v) is 0.973. The second kappa shape index (κ2) is 3.12. The van der Waals surface area contributed by atoms with Gasteiger partial charge in [-0.15, -0.1) is 11.8 Å². The molecular formula is C7H13NS. The minimum Gasteiger partial charge on any atom is -0.197 e. The van der Waals surface area contributed by atoms with Gasteiger partial charge in [0.15, 0.2) is 0 Å². The number of hydrogen-bond acceptors (Lipinski definition) is 2. The van der Waals surface area contributed by atoms with Crippen LogP contribution in [0.25, 0.3) is 0 Å². The Morgan fingerprint density at radius 2 is 2.00 bits per heavy atom. The summed E-state index contributed by atoms with van der Waals surface area (Å²) in [6.07, 6.45) is 1.98. The summed E-state index contributed by atoms with van der Waals surface area (Å²) in [6, 6.07) is 2.29. The van der Waals surface area contributed by atoms with E-state index in [4.69, 9.17) is 5.26 Å². The van der Waals surface area contributed by atoms with Crippen LogP contribution in [0.1, 0.15) is 20.8 Å². The molecule has 0 spiro atoms. The molecule has 0 aliphatic carbocycles. The Labute approximate surface area is 61.4 Å². The van der Waals surface area contributed by atoms with Crippen LogP contribution in [0.2, 0.25) is 0 Å². The van der Waals surface area contributed by atoms with Crippen LogP contribution in [0.5, 0.6) is 0 Å². The summed E-state index contributed by atoms with van der Waals surface area (Å²) in [5.41, 5.74) is 0. The van der Waals surface area contributed by atoms with Crippen LogP contribution in [-0.4, -0.2) is 11.0 Å². The molecule has 0 amide bonds. The molecule has 0 fully saturated rings. The Balaban J connectivity index is 4.14. The van der Waals surface area contributed by atoms with E-state index in [0.717, 1.165) is 0 Å². The maximum absolute atomic E-state index is 8.68. The molecule has 0 aromatic carbocycles. The standard InChI is InChI=1S/C7H13NS/c1-6(2)7(3,5-8)9-4/h6H,1-4H3. The highest BCUT2D eigenvalue weighted by atomic mass is 32.2. The maximum Gasteiger partial charge on any atom is 0.102 e. The summed E-state index contributed by atoms with van der Waals surface area (Å²) in [5, 5.41) is 8.68. The third-order valence-corrected chi connectivity index (χ3v) is 3.16. The van der Waals surface area contributed by atoms with Gasteiger partial charge in [-0.1, -0.05) is 13.8 Å². The summed E-state index contributed by atoms with van der Waals surface area (Å²) >= 11 is 1.62. The van der Waals surface area contributed by atoms with Gasteiger partial charge in [0.1, 0.15) is 4.75 Å². The minimum atomic E-state index is -0.194. The predicted molar refractivity (Wildman–Crippen MR) is 42.4 cm³/mol. The number of nitriles is 1. The van der Waals surface area contributed by atoms with Gasteiger partial charge in [-0.3, -0.25) is 0 Å². The fourth-order valence-electron chi connectivity index (χ4n) is 0.410. The molecule has 0 heterocycles. The van der Waals surface area contributed by atoms with Crippen molar-refractivity contribution in [1.29, 1.82) is 5.26 Å². The van der Waals surface area contributed by atoms with Crippen molar-refractivity contribution in [3.8, 4) is 6.07 Å². The van der Waals surface area contributed by atoms with Crippen molar-refractivity contribution in [3.05, 3.63) is 0 Å². The molecule has 0 saturated carbocycles. The zero-order valence-electron chi connectivity index (χ0n) is 6.43. The average Bonchev–Trinajstić information content (AvgIpc) is 1.86. The van der Waals surface area contributed by atoms with Gasteiger partial charge in [0.2, 0.25) is 0 Å². The molecule has 0 bridgehead atoms. The van der Waals surface area contributed by atoms with Gasteiger partial charge < -0.3 is 0 Å². The van der Waals surface area contributed by atoms with Crippen LogP contribution in [0.15, 0.2) is 0 Å². The lowest BCUT2D eigenvalue weighted by molar-refractivity contribution is 0.558. The summed E-state index contributed by atoms with van der Waals surface area (Å²) in [4.78, 5) is 0. The third-order valence-electron chi connectivity index (χ3n) is 1.75. The van der Waals surface area contributed by atoms with Crippen molar-refractivity contribution >= 4 is 11.8 Å². The molecule has 9 heavy (non-hydrogen) atoms. The van der Waals surface area contributed by atoms with Crippen molar-refractivity contribution in [2.75, 3.05) is 6.26 Å². The summed E-state index contributed by atoms with van der Waals surface area (Å²) in [6.45, 7) is 6.11. The smallest absolute Gasteiger partial charge is 0.102 e. The molecule has 0 saturated heterocycles. The van der Waals surface area contributed by atoms with Gasteiger partial charge >= 0.3 is 0 Å². The van der Waals surface area contributed by atoms with E-state index in [0.29, 0.717) is 5.92 Å². The molecule has 0 aromatic heterocycles. The molecule has 0 N–H and O–H groups in total. The van der Waals surface area contributed by atoms with Gasteiger partial charge in [0.25, 0.3) is 0 Å². The first kappa shape index (κ1) is 8.84. The van der Waals surface area contributed by atoms with E-state index in [1.807, 2.05) is 13.2 Å². The first-order valence-corrected chi connectivity index (χ1v) is 4.25. The number of hydrogen-bond donors (Lipinski definition) is 0. The van der Waals surface area contributed by atoms with Crippen molar-refractivity contribution in [3.63, 3.8) is 0 Å². The van der Waals surface area contributed by atoms with Gasteiger partial charge in [0, 0.05) is 0 Å². The first-order chi connectivity index (χ1) is 4.06. The Hall–Kier alpha value is -0.160. The molecule has 1 unspecified atom stereocenters. The Kier molecular flexibility index (Phi) is 3.07. The number of thioether (sulfide) groups is 1. The fraction of sp³-hybridized carbons (Fsp3) is 0.857. The van der Waals surface area contributed by atoms with Gasteiger partial charge in [-0.05, 0) is 19.1 Å². The van der Waals surface area contributed by atoms with Crippen molar-refractivity contribution < 1.29 is 0 Å². The van der Waals surface area contributed by atoms with E-state index in [2.05, 4.69) is 19.9 Å². The quantitative estimate of drug-likeness (QED) is 0.592. The normalized spacial score (nSPS) is 16.9. The number of nitrogens with zero attached hydrogens (tertiary/aromatic N) is 1. The van der Waals surface area contributed by atoms with Gasteiger partial charge in [0.05, 0.1) is 6.07 Å². The Morgan fingerprint density at radius 1 is 1.56 bits per heavy atom. The summed E-state index contributed by atoms with van der Waals surface area (Å²) in [7, 11) is 0. The minimum absolute atomic E-state index is 0.194. The SMILES string of the molecule is CSC(C)(C#N)C(C)C. The zero-order chi connectivity index (χ0) is 7.49. The number of rotatable bonds is 2. The zero-order valence-corrected chi connectivity index (χ0v) is 7.25. The van der Waals surface area contributed by atoms with E-state index in [1.165, 1.54) is 0 Å². The largest absolute Gasteiger partial charge is 0.197 e. The van der Waals surface area contributed by atoms with Crippen molar-refractivity contribution in [2.45, 2.75) is 25.5 Å². The van der Waals surface area contributed by atoms with Crippen LogP contribution in [0.4, 0.5) is 0 Å². The van der Waals surface area contributed by atoms with E-state index in [9.17, 15) is 0 Å². The lowest BCUT2D eigenvalue weighted by Gasteiger charge is -2.22. The van der Waals surface area contributed by atoms with Crippen LogP contribution >= 0.6 is 11.8 Å². The molecule has 2 heteroatoms. The monoisotopic (exact) mass is 143 g/mol. The second-order valence-electron chi connectivity index (χ2n) is 2.58. The maximum atomic E-state index is 8.68. The Bertz CT molecular complexity index is 125. The molecule has 1 nitrogen and oxygen atoms in total. The van der Waals surface area contributed by atoms with Gasteiger partial charge in [-0.25, -0.2) is 0 Å². The van der Waals surface area contributed by atoms with Crippen LogP contribution in [0.3, 0.4) is 0 Å². The average molecular weight is 143 g/mol. The molecule has 0 aliphatic heterocycles. The first-order valence-electron chi connectivity index (χ1n) is 3.03. The molecule has 0 aromatic rings. The lowest BCUT2D eigenvalue weighted by Crippen LogP contribution is -2.24. The highest BCUT2D eigenvalue weighted by Gasteiger charge is 2.26. The highest BCUT2D eigenvalue weighted by Crippen LogP contribution is 2.29. The molecule has 1 atom stereocenters. The highest BCUT2D eigenvalue weighted by molar-refractivity contribution is 8.00. The van der Waals surface area contributed by atoms with E-state index in [-0.39, 0.29) is 4.75 Å². The van der Waals surface area contributed by atoms with Crippen molar-refractivity contribution in [2.24, 2.45) is 5.92 Å². The lowest BCUT2D eigenvalue weighted by atomic mass is 9.99. The van der Waals surface area contributed by atoms with Crippen LogP contribution in [0, 0.1) is 17.2 Å². The van der Waals surface area contributed by atoms with Gasteiger partial charge in [-0.2, -0.15) is 5.26 Å². The summed E-state index contributed by atoms with van der Waals surface area (Å²) < 4.78 is -0.194. The molecular weight excluding hydrogens is 130 g/mol. The van der Waals surface area contributed by atoms with E-state index in [1.54, 1.807) is 11.8 Å². The Morgan fingerprint density at radius 3 is 2.00 bits per heavy atom.